The van der Waals surface area contributed by atoms with E-state index < -0.39 is 10.0 Å². The minimum atomic E-state index is -3.76. The first-order valence-corrected chi connectivity index (χ1v) is 10.3. The largest absolute Gasteiger partial charge is 0.495 e. The minimum Gasteiger partial charge on any atom is -0.495 e. The van der Waals surface area contributed by atoms with Crippen molar-refractivity contribution in [3.63, 3.8) is 0 Å². The van der Waals surface area contributed by atoms with Gasteiger partial charge in [0.25, 0.3) is 10.0 Å². The smallest absolute Gasteiger partial charge is 0.267 e. The van der Waals surface area contributed by atoms with Crippen LogP contribution in [0.3, 0.4) is 0 Å². The lowest BCUT2D eigenvalue weighted by atomic mass is 10.2. The standard InChI is InChI=1S/C16H13IN2O3S2/c1-22-14-4-2-3-5-15(14)24(20,21)19-16-18-13(10-23-16)11-6-8-12(17)9-7-11/h2-10H,1H3,(H,18,19). The summed E-state index contributed by atoms with van der Waals surface area (Å²) in [6.45, 7) is 0. The zero-order valence-corrected chi connectivity index (χ0v) is 16.4. The van der Waals surface area contributed by atoms with Crippen LogP contribution in [0.15, 0.2) is 58.8 Å². The predicted octanol–water partition coefficient (Wildman–Crippen LogP) is 4.22. The van der Waals surface area contributed by atoms with Gasteiger partial charge in [0.15, 0.2) is 5.13 Å². The molecule has 0 fully saturated rings. The number of rotatable bonds is 5. The summed E-state index contributed by atoms with van der Waals surface area (Å²) in [6.07, 6.45) is 0. The van der Waals surface area contributed by atoms with Crippen LogP contribution in [0.5, 0.6) is 5.75 Å². The quantitative estimate of drug-likeness (QED) is 0.565. The molecule has 0 aliphatic rings. The Bertz CT molecular complexity index is 953. The van der Waals surface area contributed by atoms with Gasteiger partial charge in [-0.15, -0.1) is 11.3 Å². The summed E-state index contributed by atoms with van der Waals surface area (Å²) in [6, 6.07) is 14.3. The second-order valence-corrected chi connectivity index (χ2v) is 8.56. The summed E-state index contributed by atoms with van der Waals surface area (Å²) >= 11 is 3.47. The minimum absolute atomic E-state index is 0.0820. The molecule has 0 unspecified atom stereocenters. The highest BCUT2D eigenvalue weighted by atomic mass is 127. The summed E-state index contributed by atoms with van der Waals surface area (Å²) in [5, 5.41) is 2.14. The van der Waals surface area contributed by atoms with E-state index in [0.29, 0.717) is 10.9 Å². The van der Waals surface area contributed by atoms with Gasteiger partial charge >= 0.3 is 0 Å². The number of hydrogen-bond acceptors (Lipinski definition) is 5. The van der Waals surface area contributed by atoms with Gasteiger partial charge in [0.1, 0.15) is 10.6 Å². The van der Waals surface area contributed by atoms with Crippen molar-refractivity contribution >= 4 is 49.1 Å². The molecule has 24 heavy (non-hydrogen) atoms. The van der Waals surface area contributed by atoms with E-state index >= 15 is 0 Å². The third kappa shape index (κ3) is 3.70. The Balaban J connectivity index is 1.87. The number of nitrogens with zero attached hydrogens (tertiary/aromatic N) is 1. The van der Waals surface area contributed by atoms with Crippen LogP contribution in [0.2, 0.25) is 0 Å². The molecule has 3 rings (SSSR count). The van der Waals surface area contributed by atoms with Crippen molar-refractivity contribution in [2.75, 3.05) is 11.8 Å². The average molecular weight is 472 g/mol. The highest BCUT2D eigenvalue weighted by molar-refractivity contribution is 14.1. The van der Waals surface area contributed by atoms with E-state index in [1.807, 2.05) is 29.6 Å². The van der Waals surface area contributed by atoms with Gasteiger partial charge in [-0.3, -0.25) is 4.72 Å². The van der Waals surface area contributed by atoms with Crippen molar-refractivity contribution in [3.05, 3.63) is 57.5 Å². The molecular weight excluding hydrogens is 459 g/mol. The lowest BCUT2D eigenvalue weighted by Gasteiger charge is -2.09. The van der Waals surface area contributed by atoms with E-state index in [1.165, 1.54) is 24.5 Å². The summed E-state index contributed by atoms with van der Waals surface area (Å²) in [7, 11) is -2.32. The molecule has 1 heterocycles. The topological polar surface area (TPSA) is 68.3 Å². The van der Waals surface area contributed by atoms with E-state index in [9.17, 15) is 8.42 Å². The Hall–Kier alpha value is -1.65. The Labute approximate surface area is 157 Å². The first-order valence-electron chi connectivity index (χ1n) is 6.87. The van der Waals surface area contributed by atoms with Crippen LogP contribution in [0.25, 0.3) is 11.3 Å². The van der Waals surface area contributed by atoms with Crippen LogP contribution < -0.4 is 9.46 Å². The van der Waals surface area contributed by atoms with Crippen LogP contribution in [0, 0.1) is 3.57 Å². The predicted molar refractivity (Wildman–Crippen MR) is 104 cm³/mol. The highest BCUT2D eigenvalue weighted by Crippen LogP contribution is 2.29. The zero-order chi connectivity index (χ0) is 17.2. The molecule has 0 saturated heterocycles. The van der Waals surface area contributed by atoms with Gasteiger partial charge in [-0.05, 0) is 46.9 Å². The molecule has 0 saturated carbocycles. The van der Waals surface area contributed by atoms with E-state index in [1.54, 1.807) is 18.2 Å². The average Bonchev–Trinajstić information content (AvgIpc) is 3.03. The van der Waals surface area contributed by atoms with Crippen molar-refractivity contribution in [1.29, 1.82) is 0 Å². The number of sulfonamides is 1. The number of hydrogen-bond donors (Lipinski definition) is 1. The van der Waals surface area contributed by atoms with Crippen molar-refractivity contribution in [1.82, 2.24) is 4.98 Å². The van der Waals surface area contributed by atoms with Crippen LogP contribution >= 0.6 is 33.9 Å². The second-order valence-electron chi connectivity index (χ2n) is 4.80. The maximum atomic E-state index is 12.5. The Kier molecular flexibility index (Phi) is 5.07. The normalized spacial score (nSPS) is 11.2. The highest BCUT2D eigenvalue weighted by Gasteiger charge is 2.20. The van der Waals surface area contributed by atoms with E-state index in [4.69, 9.17) is 4.74 Å². The van der Waals surface area contributed by atoms with E-state index in [0.717, 1.165) is 14.8 Å². The number of anilines is 1. The van der Waals surface area contributed by atoms with Gasteiger partial charge in [-0.25, -0.2) is 13.4 Å². The van der Waals surface area contributed by atoms with Crippen molar-refractivity contribution in [2.45, 2.75) is 4.90 Å². The lowest BCUT2D eigenvalue weighted by Crippen LogP contribution is -2.13. The number of thiazole rings is 1. The first-order chi connectivity index (χ1) is 11.5. The van der Waals surface area contributed by atoms with Gasteiger partial charge in [0, 0.05) is 14.5 Å². The molecular formula is C16H13IN2O3S2. The number of ether oxygens (including phenoxy) is 1. The molecule has 1 aromatic heterocycles. The van der Waals surface area contributed by atoms with Gasteiger partial charge in [0.05, 0.1) is 12.8 Å². The lowest BCUT2D eigenvalue weighted by molar-refractivity contribution is 0.403. The number of para-hydroxylation sites is 1. The monoisotopic (exact) mass is 472 g/mol. The maximum absolute atomic E-state index is 12.5. The molecule has 1 N–H and O–H groups in total. The molecule has 0 aliphatic heterocycles. The third-order valence-corrected chi connectivity index (χ3v) is 6.21. The molecule has 124 valence electrons. The van der Waals surface area contributed by atoms with Gasteiger partial charge in [-0.2, -0.15) is 0 Å². The zero-order valence-electron chi connectivity index (χ0n) is 12.6. The Morgan fingerprint density at radius 3 is 2.54 bits per heavy atom. The fraction of sp³-hybridized carbons (Fsp3) is 0.0625. The number of nitrogens with one attached hydrogen (secondary N) is 1. The van der Waals surface area contributed by atoms with Gasteiger partial charge in [0.2, 0.25) is 0 Å². The van der Waals surface area contributed by atoms with Crippen molar-refractivity contribution in [3.8, 4) is 17.0 Å². The van der Waals surface area contributed by atoms with Crippen LogP contribution in [0.4, 0.5) is 5.13 Å². The number of halogens is 1. The molecule has 0 spiro atoms. The fourth-order valence-corrected chi connectivity index (χ4v) is 4.59. The van der Waals surface area contributed by atoms with E-state index in [2.05, 4.69) is 32.3 Å². The van der Waals surface area contributed by atoms with Crippen LogP contribution in [-0.4, -0.2) is 20.5 Å². The molecule has 3 aromatic rings. The van der Waals surface area contributed by atoms with Crippen molar-refractivity contribution < 1.29 is 13.2 Å². The summed E-state index contributed by atoms with van der Waals surface area (Å²) in [5.74, 6) is 0.291. The summed E-state index contributed by atoms with van der Waals surface area (Å²) in [4.78, 5) is 4.44. The molecule has 0 radical (unpaired) electrons. The van der Waals surface area contributed by atoms with Crippen LogP contribution in [-0.2, 0) is 10.0 Å². The molecule has 8 heteroatoms. The number of methoxy groups -OCH3 is 1. The third-order valence-electron chi connectivity index (χ3n) is 3.22. The summed E-state index contributed by atoms with van der Waals surface area (Å²) < 4.78 is 33.8. The van der Waals surface area contributed by atoms with Gasteiger partial charge < -0.3 is 4.74 Å². The van der Waals surface area contributed by atoms with Crippen molar-refractivity contribution in [2.24, 2.45) is 0 Å². The summed E-state index contributed by atoms with van der Waals surface area (Å²) in [5.41, 5.74) is 1.67. The fourth-order valence-electron chi connectivity index (χ4n) is 2.08. The molecule has 0 atom stereocenters. The van der Waals surface area contributed by atoms with Crippen LogP contribution in [0.1, 0.15) is 0 Å². The Morgan fingerprint density at radius 2 is 1.83 bits per heavy atom. The molecule has 0 bridgehead atoms. The molecule has 0 aliphatic carbocycles. The van der Waals surface area contributed by atoms with Gasteiger partial charge in [-0.1, -0.05) is 24.3 Å². The Morgan fingerprint density at radius 1 is 1.12 bits per heavy atom. The maximum Gasteiger partial charge on any atom is 0.267 e. The molecule has 2 aromatic carbocycles. The SMILES string of the molecule is COc1ccccc1S(=O)(=O)Nc1nc(-c2ccc(I)cc2)cs1. The molecule has 5 nitrogen and oxygen atoms in total. The first kappa shape index (κ1) is 17.2. The molecule has 0 amide bonds. The number of aromatic nitrogens is 1. The number of benzene rings is 2. The van der Waals surface area contributed by atoms with E-state index in [-0.39, 0.29) is 4.90 Å². The second kappa shape index (κ2) is 7.08.